The van der Waals surface area contributed by atoms with Gasteiger partial charge >= 0.3 is 11.9 Å². The van der Waals surface area contributed by atoms with Gasteiger partial charge in [-0.25, -0.2) is 9.59 Å². The lowest BCUT2D eigenvalue weighted by Crippen LogP contribution is -2.43. The summed E-state index contributed by atoms with van der Waals surface area (Å²) in [4.78, 5) is 24.7. The molecule has 1 N–H and O–H groups in total. The monoisotopic (exact) mass is 362 g/mol. The molecule has 3 aliphatic heterocycles. The maximum absolute atomic E-state index is 12.4. The molecule has 0 amide bonds. The molecule has 2 saturated carbocycles. The molecule has 3 saturated heterocycles. The molecule has 26 heavy (non-hydrogen) atoms. The molecular weight excluding hydrogens is 340 g/mol. The van der Waals surface area contributed by atoms with Gasteiger partial charge in [-0.15, -0.1) is 0 Å². The van der Waals surface area contributed by atoms with E-state index >= 15 is 0 Å². The fourth-order valence-electron chi connectivity index (χ4n) is 5.02. The Kier molecular flexibility index (Phi) is 3.15. The number of carbonyl (C=O) groups excluding carboxylic acids is 2. The maximum Gasteiger partial charge on any atom is 0.340 e. The molecule has 140 valence electrons. The second kappa shape index (κ2) is 4.97. The van der Waals surface area contributed by atoms with Crippen molar-refractivity contribution in [1.82, 2.24) is 0 Å². The molecule has 0 aromatic carbocycles. The highest BCUT2D eigenvalue weighted by Gasteiger charge is 2.71. The first-order valence-corrected chi connectivity index (χ1v) is 9.01. The summed E-state index contributed by atoms with van der Waals surface area (Å²) in [5.74, 6) is -1.62. The number of ether oxygens (including phenoxy) is 4. The molecule has 5 aliphatic rings. The lowest BCUT2D eigenvalue weighted by molar-refractivity contribution is -0.158. The molecule has 0 bridgehead atoms. The van der Waals surface area contributed by atoms with Crippen molar-refractivity contribution in [2.75, 3.05) is 13.2 Å². The highest BCUT2D eigenvalue weighted by atomic mass is 16.6. The topological polar surface area (TPSA) is 97.9 Å². The number of rotatable bonds is 2. The molecule has 5 rings (SSSR count). The van der Waals surface area contributed by atoms with Crippen LogP contribution in [0.2, 0.25) is 0 Å². The van der Waals surface area contributed by atoms with Crippen LogP contribution in [0.5, 0.6) is 0 Å². The van der Waals surface area contributed by atoms with Gasteiger partial charge in [-0.2, -0.15) is 0 Å². The van der Waals surface area contributed by atoms with Crippen LogP contribution < -0.4 is 0 Å². The number of carbonyl (C=O) groups is 2. The minimum atomic E-state index is -0.902. The zero-order valence-electron chi connectivity index (χ0n) is 14.6. The molecule has 5 fully saturated rings. The summed E-state index contributed by atoms with van der Waals surface area (Å²) in [7, 11) is 0. The Morgan fingerprint density at radius 1 is 1.31 bits per heavy atom. The first-order chi connectivity index (χ1) is 12.3. The molecule has 1 unspecified atom stereocenters. The molecule has 3 heterocycles. The van der Waals surface area contributed by atoms with E-state index in [0.29, 0.717) is 31.6 Å². The van der Waals surface area contributed by atoms with E-state index in [4.69, 9.17) is 18.9 Å². The van der Waals surface area contributed by atoms with Crippen molar-refractivity contribution < 1.29 is 33.6 Å². The summed E-state index contributed by atoms with van der Waals surface area (Å²) in [6.45, 7) is 10.5. The fraction of sp³-hybridized carbons (Fsp3) is 0.684. The van der Waals surface area contributed by atoms with Crippen molar-refractivity contribution in [3.63, 3.8) is 0 Å². The highest BCUT2D eigenvalue weighted by Crippen LogP contribution is 2.60. The second-order valence-electron chi connectivity index (χ2n) is 8.37. The molecule has 8 atom stereocenters. The number of epoxide rings is 2. The Morgan fingerprint density at radius 3 is 2.62 bits per heavy atom. The van der Waals surface area contributed by atoms with Crippen molar-refractivity contribution in [3.05, 3.63) is 24.3 Å². The predicted molar refractivity (Wildman–Crippen MR) is 86.8 cm³/mol. The molecule has 0 radical (unpaired) electrons. The molecule has 0 aromatic rings. The van der Waals surface area contributed by atoms with Gasteiger partial charge < -0.3 is 24.1 Å². The second-order valence-corrected chi connectivity index (χ2v) is 8.37. The van der Waals surface area contributed by atoms with Gasteiger partial charge in [-0.3, -0.25) is 0 Å². The van der Waals surface area contributed by atoms with Crippen molar-refractivity contribution in [1.29, 1.82) is 0 Å². The smallest absolute Gasteiger partial charge is 0.340 e. The number of aliphatic hydroxyl groups is 1. The van der Waals surface area contributed by atoms with Crippen LogP contribution >= 0.6 is 0 Å². The Hall–Kier alpha value is -1.70. The number of hydrogen-bond acceptors (Lipinski definition) is 7. The summed E-state index contributed by atoms with van der Waals surface area (Å²) >= 11 is 0. The molecule has 2 aliphatic carbocycles. The Labute approximate surface area is 150 Å². The lowest BCUT2D eigenvalue weighted by atomic mass is 9.78. The van der Waals surface area contributed by atoms with E-state index in [1.165, 1.54) is 0 Å². The minimum Gasteiger partial charge on any atom is -0.459 e. The van der Waals surface area contributed by atoms with Crippen LogP contribution in [-0.2, 0) is 28.5 Å². The van der Waals surface area contributed by atoms with E-state index in [-0.39, 0.29) is 11.8 Å². The van der Waals surface area contributed by atoms with Crippen LogP contribution in [0.1, 0.15) is 19.8 Å². The SMILES string of the molecule is C=C1C(=O)O[C@H]2[C@H]1[C@@H](OC(=O)[C@@]1(C)CO1)CC(=C)[C@@H]1C[C@H](O)C3(CO3)[C@H]21. The van der Waals surface area contributed by atoms with Crippen LogP contribution in [0, 0.1) is 17.8 Å². The zero-order valence-corrected chi connectivity index (χ0v) is 14.6. The van der Waals surface area contributed by atoms with Crippen LogP contribution in [0.4, 0.5) is 0 Å². The van der Waals surface area contributed by atoms with E-state index in [2.05, 4.69) is 13.2 Å². The summed E-state index contributed by atoms with van der Waals surface area (Å²) in [6, 6.07) is 0. The number of esters is 2. The molecule has 7 heteroatoms. The molecular formula is C19H22O7. The van der Waals surface area contributed by atoms with Gasteiger partial charge in [0, 0.05) is 17.9 Å². The maximum atomic E-state index is 12.4. The van der Waals surface area contributed by atoms with Crippen molar-refractivity contribution >= 4 is 11.9 Å². The van der Waals surface area contributed by atoms with Crippen molar-refractivity contribution in [3.8, 4) is 0 Å². The van der Waals surface area contributed by atoms with Gasteiger partial charge in [0.2, 0.25) is 0 Å². The Morgan fingerprint density at radius 2 is 2.00 bits per heavy atom. The van der Waals surface area contributed by atoms with Crippen molar-refractivity contribution in [2.45, 2.75) is 49.3 Å². The van der Waals surface area contributed by atoms with Crippen LogP contribution in [0.3, 0.4) is 0 Å². The first-order valence-electron chi connectivity index (χ1n) is 9.01. The average Bonchev–Trinajstić information content (AvgIpc) is 3.47. The normalized spacial score (nSPS) is 51.5. The third-order valence-electron chi connectivity index (χ3n) is 6.79. The Bertz CT molecular complexity index is 732. The van der Waals surface area contributed by atoms with Crippen LogP contribution in [-0.4, -0.2) is 59.8 Å². The van der Waals surface area contributed by atoms with E-state index < -0.39 is 47.4 Å². The van der Waals surface area contributed by atoms with Gasteiger partial charge in [0.1, 0.15) is 17.8 Å². The summed E-state index contributed by atoms with van der Waals surface area (Å²) in [5, 5.41) is 10.5. The third-order valence-corrected chi connectivity index (χ3v) is 6.79. The van der Waals surface area contributed by atoms with E-state index in [9.17, 15) is 14.7 Å². The average molecular weight is 362 g/mol. The number of fused-ring (bicyclic) bond motifs is 4. The molecule has 0 aromatic heterocycles. The van der Waals surface area contributed by atoms with Gasteiger partial charge in [0.25, 0.3) is 0 Å². The molecule has 7 nitrogen and oxygen atoms in total. The lowest BCUT2D eigenvalue weighted by Gasteiger charge is -2.30. The summed E-state index contributed by atoms with van der Waals surface area (Å²) in [5.41, 5.74) is -0.396. The zero-order chi connectivity index (χ0) is 18.4. The quantitative estimate of drug-likeness (QED) is 0.331. The van der Waals surface area contributed by atoms with Gasteiger partial charge in [-0.05, 0) is 19.3 Å². The van der Waals surface area contributed by atoms with E-state index in [0.717, 1.165) is 5.57 Å². The fourth-order valence-corrected chi connectivity index (χ4v) is 5.02. The van der Waals surface area contributed by atoms with Gasteiger partial charge in [-0.1, -0.05) is 18.7 Å². The van der Waals surface area contributed by atoms with Gasteiger partial charge in [0.05, 0.1) is 25.2 Å². The predicted octanol–water partition coefficient (Wildman–Crippen LogP) is 0.511. The highest BCUT2D eigenvalue weighted by molar-refractivity contribution is 5.91. The molecule has 1 spiro atoms. The first kappa shape index (κ1) is 16.5. The summed E-state index contributed by atoms with van der Waals surface area (Å²) in [6.07, 6.45) is -0.815. The van der Waals surface area contributed by atoms with E-state index in [1.54, 1.807) is 6.92 Å². The standard InChI is InChI=1S/C19H22O7/c1-8-4-11(25-17(22)18(3)6-23-18)13-9(2)16(21)26-15(13)14-10(8)5-12(20)19(14)7-24-19/h10-15,20H,1-2,4-7H2,3H3/t10-,11-,12-,13+,14-,15-,18+,19?/m0/s1. The number of aliphatic hydroxyl groups excluding tert-OH is 1. The number of hydrogen-bond donors (Lipinski definition) is 1. The van der Waals surface area contributed by atoms with Crippen LogP contribution in [0.25, 0.3) is 0 Å². The van der Waals surface area contributed by atoms with Crippen LogP contribution in [0.15, 0.2) is 24.3 Å². The Balaban J connectivity index is 1.51. The third kappa shape index (κ3) is 2.05. The van der Waals surface area contributed by atoms with Crippen molar-refractivity contribution in [2.24, 2.45) is 17.8 Å². The largest absolute Gasteiger partial charge is 0.459 e. The van der Waals surface area contributed by atoms with Gasteiger partial charge in [0.15, 0.2) is 5.60 Å². The summed E-state index contributed by atoms with van der Waals surface area (Å²) < 4.78 is 22.3. The minimum absolute atomic E-state index is 0.0461. The van der Waals surface area contributed by atoms with E-state index in [1.807, 2.05) is 0 Å².